The van der Waals surface area contributed by atoms with E-state index in [1.807, 2.05) is 0 Å². The fraction of sp³-hybridized carbons (Fsp3) is 0.385. The lowest BCUT2D eigenvalue weighted by atomic mass is 10.3. The number of carbonyl (C=O) groups excluding carboxylic acids is 2. The van der Waals surface area contributed by atoms with Crippen LogP contribution in [0, 0.1) is 11.6 Å². The maximum absolute atomic E-state index is 12.9. The molecule has 1 aromatic rings. The van der Waals surface area contributed by atoms with Crippen molar-refractivity contribution in [1.29, 1.82) is 0 Å². The van der Waals surface area contributed by atoms with E-state index < -0.39 is 11.6 Å². The fourth-order valence-electron chi connectivity index (χ4n) is 1.85. The summed E-state index contributed by atoms with van der Waals surface area (Å²) < 4.78 is 30.8. The fourth-order valence-corrected chi connectivity index (χ4v) is 1.85. The molecule has 0 aromatic heterocycles. The molecule has 0 bridgehead atoms. The minimum atomic E-state index is -0.970. The van der Waals surface area contributed by atoms with Crippen LogP contribution in [0.5, 0.6) is 5.75 Å². The second kappa shape index (κ2) is 5.77. The molecular weight excluding hydrogens is 256 g/mol. The van der Waals surface area contributed by atoms with Gasteiger partial charge in [-0.2, -0.15) is 0 Å². The van der Waals surface area contributed by atoms with E-state index in [4.69, 9.17) is 4.74 Å². The lowest BCUT2D eigenvalue weighted by Crippen LogP contribution is -2.30. The number of benzene rings is 1. The van der Waals surface area contributed by atoms with E-state index >= 15 is 0 Å². The molecule has 0 N–H and O–H groups in total. The predicted molar refractivity (Wildman–Crippen MR) is 62.4 cm³/mol. The topological polar surface area (TPSA) is 46.6 Å². The highest BCUT2D eigenvalue weighted by molar-refractivity contribution is 6.01. The van der Waals surface area contributed by atoms with Gasteiger partial charge in [-0.1, -0.05) is 0 Å². The molecule has 1 heterocycles. The molecule has 1 aliphatic rings. The van der Waals surface area contributed by atoms with E-state index in [1.165, 1.54) is 11.0 Å². The summed E-state index contributed by atoms with van der Waals surface area (Å²) in [5, 5.41) is 0. The number of likely N-dealkylation sites (tertiary alicyclic amines) is 1. The second-order valence-corrected chi connectivity index (χ2v) is 4.22. The Kier molecular flexibility index (Phi) is 4.09. The second-order valence-electron chi connectivity index (χ2n) is 4.22. The maximum Gasteiger partial charge on any atom is 0.229 e. The Balaban J connectivity index is 1.76. The molecule has 2 rings (SSSR count). The number of hydrogen-bond acceptors (Lipinski definition) is 3. The predicted octanol–water partition coefficient (Wildman–Crippen LogP) is 1.88. The Hall–Kier alpha value is -1.98. The van der Waals surface area contributed by atoms with Crippen molar-refractivity contribution in [1.82, 2.24) is 4.90 Å². The van der Waals surface area contributed by atoms with Crippen molar-refractivity contribution < 1.29 is 23.1 Å². The number of ether oxygens (including phenoxy) is 1. The molecule has 0 spiro atoms. The number of carbonyl (C=O) groups is 2. The molecule has 2 amide bonds. The highest BCUT2D eigenvalue weighted by Crippen LogP contribution is 2.16. The summed E-state index contributed by atoms with van der Waals surface area (Å²) in [6.07, 6.45) is 0.988. The zero-order valence-electron chi connectivity index (χ0n) is 10.2. The molecule has 1 aliphatic heterocycles. The summed E-state index contributed by atoms with van der Waals surface area (Å²) in [5.74, 6) is -2.02. The lowest BCUT2D eigenvalue weighted by molar-refractivity contribution is -0.138. The maximum atomic E-state index is 12.9. The van der Waals surface area contributed by atoms with E-state index in [2.05, 4.69) is 0 Å². The Labute approximate surface area is 109 Å². The summed E-state index contributed by atoms with van der Waals surface area (Å²) in [6.45, 7) is 0.517. The van der Waals surface area contributed by atoms with Gasteiger partial charge in [-0.25, -0.2) is 8.78 Å². The molecule has 0 aliphatic carbocycles. The summed E-state index contributed by atoms with van der Waals surface area (Å²) in [5.41, 5.74) is 0. The van der Waals surface area contributed by atoms with Gasteiger partial charge < -0.3 is 4.74 Å². The first-order valence-corrected chi connectivity index (χ1v) is 5.99. The van der Waals surface area contributed by atoms with Crippen LogP contribution in [0.15, 0.2) is 18.2 Å². The van der Waals surface area contributed by atoms with Crippen LogP contribution in [0.1, 0.15) is 19.3 Å². The van der Waals surface area contributed by atoms with E-state index in [1.54, 1.807) is 0 Å². The van der Waals surface area contributed by atoms with Gasteiger partial charge in [0.05, 0.1) is 6.61 Å². The van der Waals surface area contributed by atoms with Crippen molar-refractivity contribution >= 4 is 11.8 Å². The molecule has 1 fully saturated rings. The standard InChI is InChI=1S/C13H13F2NO3/c14-10-3-2-9(8-11(10)15)19-7-1-6-16-12(17)4-5-13(16)18/h2-3,8H,1,4-7H2. The smallest absolute Gasteiger partial charge is 0.229 e. The minimum absolute atomic E-state index is 0.169. The highest BCUT2D eigenvalue weighted by Gasteiger charge is 2.27. The Bertz CT molecular complexity index is 489. The molecule has 4 nitrogen and oxygen atoms in total. The van der Waals surface area contributed by atoms with Gasteiger partial charge in [-0.3, -0.25) is 14.5 Å². The van der Waals surface area contributed by atoms with Gasteiger partial charge >= 0.3 is 0 Å². The van der Waals surface area contributed by atoms with Crippen molar-refractivity contribution in [2.75, 3.05) is 13.2 Å². The first-order valence-electron chi connectivity index (χ1n) is 5.99. The molecule has 19 heavy (non-hydrogen) atoms. The first kappa shape index (κ1) is 13.5. The van der Waals surface area contributed by atoms with Gasteiger partial charge in [0.15, 0.2) is 11.6 Å². The number of amides is 2. The van der Waals surface area contributed by atoms with Crippen molar-refractivity contribution in [3.63, 3.8) is 0 Å². The average Bonchev–Trinajstić information content (AvgIpc) is 2.70. The SMILES string of the molecule is O=C1CCC(=O)N1CCCOc1ccc(F)c(F)c1. The number of imide groups is 1. The van der Waals surface area contributed by atoms with Gasteiger partial charge in [-0.05, 0) is 18.6 Å². The summed E-state index contributed by atoms with van der Waals surface area (Å²) in [7, 11) is 0. The van der Waals surface area contributed by atoms with Crippen LogP contribution in [0.25, 0.3) is 0 Å². The van der Waals surface area contributed by atoms with Crippen LogP contribution in [-0.4, -0.2) is 29.9 Å². The molecule has 1 aromatic carbocycles. The quantitative estimate of drug-likeness (QED) is 0.605. The molecule has 0 atom stereocenters. The minimum Gasteiger partial charge on any atom is -0.493 e. The Morgan fingerprint density at radius 2 is 1.79 bits per heavy atom. The van der Waals surface area contributed by atoms with Crippen molar-refractivity contribution in [3.05, 3.63) is 29.8 Å². The van der Waals surface area contributed by atoms with Crippen LogP contribution in [0.4, 0.5) is 8.78 Å². The molecular formula is C13H13F2NO3. The number of rotatable bonds is 5. The van der Waals surface area contributed by atoms with Crippen LogP contribution >= 0.6 is 0 Å². The van der Waals surface area contributed by atoms with E-state index in [0.29, 0.717) is 13.0 Å². The van der Waals surface area contributed by atoms with Crippen LogP contribution in [0.3, 0.4) is 0 Å². The largest absolute Gasteiger partial charge is 0.493 e. The monoisotopic (exact) mass is 269 g/mol. The van der Waals surface area contributed by atoms with Crippen LogP contribution < -0.4 is 4.74 Å². The number of halogens is 2. The van der Waals surface area contributed by atoms with Crippen molar-refractivity contribution in [2.24, 2.45) is 0 Å². The van der Waals surface area contributed by atoms with Gasteiger partial charge in [-0.15, -0.1) is 0 Å². The zero-order chi connectivity index (χ0) is 13.8. The van der Waals surface area contributed by atoms with E-state index in [9.17, 15) is 18.4 Å². The Morgan fingerprint density at radius 1 is 1.11 bits per heavy atom. The summed E-state index contributed by atoms with van der Waals surface area (Å²) in [6, 6.07) is 3.27. The average molecular weight is 269 g/mol. The van der Waals surface area contributed by atoms with Gasteiger partial charge in [0, 0.05) is 25.5 Å². The third-order valence-corrected chi connectivity index (χ3v) is 2.84. The van der Waals surface area contributed by atoms with Crippen molar-refractivity contribution in [3.8, 4) is 5.75 Å². The van der Waals surface area contributed by atoms with Gasteiger partial charge in [0.1, 0.15) is 5.75 Å². The lowest BCUT2D eigenvalue weighted by Gasteiger charge is -2.13. The molecule has 102 valence electrons. The van der Waals surface area contributed by atoms with Gasteiger partial charge in [0.25, 0.3) is 0 Å². The third kappa shape index (κ3) is 3.27. The number of nitrogens with zero attached hydrogens (tertiary/aromatic N) is 1. The van der Waals surface area contributed by atoms with Crippen LogP contribution in [-0.2, 0) is 9.59 Å². The molecule has 0 unspecified atom stereocenters. The molecule has 0 saturated carbocycles. The Morgan fingerprint density at radius 3 is 2.42 bits per heavy atom. The molecule has 0 radical (unpaired) electrons. The van der Waals surface area contributed by atoms with Gasteiger partial charge in [0.2, 0.25) is 11.8 Å². The highest BCUT2D eigenvalue weighted by atomic mass is 19.2. The van der Waals surface area contributed by atoms with Crippen LogP contribution in [0.2, 0.25) is 0 Å². The summed E-state index contributed by atoms with van der Waals surface area (Å²) >= 11 is 0. The first-order chi connectivity index (χ1) is 9.08. The molecule has 1 saturated heterocycles. The third-order valence-electron chi connectivity index (χ3n) is 2.84. The van der Waals surface area contributed by atoms with E-state index in [0.717, 1.165) is 12.1 Å². The number of hydrogen-bond donors (Lipinski definition) is 0. The molecule has 6 heteroatoms. The van der Waals surface area contributed by atoms with E-state index in [-0.39, 0.29) is 37.0 Å². The summed E-state index contributed by atoms with van der Waals surface area (Å²) in [4.78, 5) is 23.8. The zero-order valence-corrected chi connectivity index (χ0v) is 10.2. The normalized spacial score (nSPS) is 15.2. The van der Waals surface area contributed by atoms with Crippen molar-refractivity contribution in [2.45, 2.75) is 19.3 Å².